The Kier molecular flexibility index (Phi) is 3.77. The Labute approximate surface area is 96.2 Å². The van der Waals surface area contributed by atoms with E-state index in [1.807, 2.05) is 6.92 Å². The topological polar surface area (TPSA) is 54.2 Å². The SMILES string of the molecule is CCN(CC1CCCNC1)c1nc(C)no1. The number of nitrogens with zero attached hydrogens (tertiary/aromatic N) is 3. The van der Waals surface area contributed by atoms with E-state index < -0.39 is 0 Å². The van der Waals surface area contributed by atoms with Gasteiger partial charge in [-0.15, -0.1) is 0 Å². The highest BCUT2D eigenvalue weighted by molar-refractivity contribution is 5.24. The summed E-state index contributed by atoms with van der Waals surface area (Å²) in [6.45, 7) is 8.15. The lowest BCUT2D eigenvalue weighted by molar-refractivity contribution is 0.358. The van der Waals surface area contributed by atoms with Gasteiger partial charge in [0.25, 0.3) is 0 Å². The predicted octanol–water partition coefficient (Wildman–Crippen LogP) is 1.20. The van der Waals surface area contributed by atoms with Crippen LogP contribution in [0.4, 0.5) is 6.01 Å². The van der Waals surface area contributed by atoms with Crippen LogP contribution in [0.3, 0.4) is 0 Å². The van der Waals surface area contributed by atoms with Crippen molar-refractivity contribution < 1.29 is 4.52 Å². The summed E-state index contributed by atoms with van der Waals surface area (Å²) in [5.41, 5.74) is 0. The van der Waals surface area contributed by atoms with E-state index in [9.17, 15) is 0 Å². The minimum absolute atomic E-state index is 0.658. The van der Waals surface area contributed by atoms with Gasteiger partial charge >= 0.3 is 6.01 Å². The first-order valence-electron chi connectivity index (χ1n) is 6.05. The van der Waals surface area contributed by atoms with Crippen molar-refractivity contribution in [3.8, 4) is 0 Å². The Morgan fingerprint density at radius 3 is 3.00 bits per heavy atom. The number of hydrogen-bond acceptors (Lipinski definition) is 5. The van der Waals surface area contributed by atoms with Crippen molar-refractivity contribution >= 4 is 6.01 Å². The molecule has 5 nitrogen and oxygen atoms in total. The predicted molar refractivity (Wildman–Crippen MR) is 62.5 cm³/mol. The number of anilines is 1. The molecule has 16 heavy (non-hydrogen) atoms. The van der Waals surface area contributed by atoms with Crippen LogP contribution < -0.4 is 10.2 Å². The van der Waals surface area contributed by atoms with Crippen LogP contribution in [0.25, 0.3) is 0 Å². The van der Waals surface area contributed by atoms with Gasteiger partial charge in [0.15, 0.2) is 5.82 Å². The molecule has 1 aromatic heterocycles. The van der Waals surface area contributed by atoms with E-state index >= 15 is 0 Å². The van der Waals surface area contributed by atoms with E-state index in [2.05, 4.69) is 27.3 Å². The van der Waals surface area contributed by atoms with Crippen LogP contribution in [0.2, 0.25) is 0 Å². The number of piperidine rings is 1. The van der Waals surface area contributed by atoms with E-state index in [1.54, 1.807) is 0 Å². The van der Waals surface area contributed by atoms with Gasteiger partial charge in [0, 0.05) is 13.1 Å². The van der Waals surface area contributed by atoms with E-state index in [4.69, 9.17) is 4.52 Å². The summed E-state index contributed by atoms with van der Waals surface area (Å²) in [7, 11) is 0. The first-order valence-corrected chi connectivity index (χ1v) is 6.05. The molecule has 2 rings (SSSR count). The molecular formula is C11H20N4O. The van der Waals surface area contributed by atoms with Crippen molar-refractivity contribution in [1.29, 1.82) is 0 Å². The lowest BCUT2D eigenvalue weighted by Gasteiger charge is -2.28. The van der Waals surface area contributed by atoms with Crippen molar-refractivity contribution in [3.63, 3.8) is 0 Å². The molecule has 0 radical (unpaired) electrons. The molecule has 90 valence electrons. The lowest BCUT2D eigenvalue weighted by atomic mass is 9.99. The molecule has 1 atom stereocenters. The van der Waals surface area contributed by atoms with Gasteiger partial charge in [-0.2, -0.15) is 4.98 Å². The Balaban J connectivity index is 1.94. The van der Waals surface area contributed by atoms with Crippen LogP contribution in [-0.4, -0.2) is 36.3 Å². The van der Waals surface area contributed by atoms with Crippen molar-refractivity contribution in [3.05, 3.63) is 5.82 Å². The number of nitrogens with one attached hydrogen (secondary N) is 1. The molecular weight excluding hydrogens is 204 g/mol. The largest absolute Gasteiger partial charge is 0.324 e. The zero-order chi connectivity index (χ0) is 11.4. The molecule has 1 fully saturated rings. The molecule has 0 spiro atoms. The van der Waals surface area contributed by atoms with Crippen LogP contribution in [0.1, 0.15) is 25.6 Å². The molecule has 1 aromatic rings. The third-order valence-electron chi connectivity index (χ3n) is 3.05. The quantitative estimate of drug-likeness (QED) is 0.833. The fourth-order valence-electron chi connectivity index (χ4n) is 2.15. The normalized spacial score (nSPS) is 21.0. The van der Waals surface area contributed by atoms with E-state index in [0.717, 1.165) is 26.2 Å². The first kappa shape index (κ1) is 11.4. The van der Waals surface area contributed by atoms with Crippen LogP contribution in [0, 0.1) is 12.8 Å². The van der Waals surface area contributed by atoms with Crippen LogP contribution >= 0.6 is 0 Å². The van der Waals surface area contributed by atoms with Crippen molar-refractivity contribution in [2.75, 3.05) is 31.1 Å². The van der Waals surface area contributed by atoms with Gasteiger partial charge in [-0.1, -0.05) is 5.16 Å². The monoisotopic (exact) mass is 224 g/mol. The molecule has 0 bridgehead atoms. The van der Waals surface area contributed by atoms with Crippen LogP contribution in [0.5, 0.6) is 0 Å². The minimum Gasteiger partial charge on any atom is -0.324 e. The zero-order valence-corrected chi connectivity index (χ0v) is 10.1. The van der Waals surface area contributed by atoms with Gasteiger partial charge in [0.1, 0.15) is 0 Å². The average molecular weight is 224 g/mol. The maximum atomic E-state index is 5.20. The van der Waals surface area contributed by atoms with E-state index in [0.29, 0.717) is 17.8 Å². The molecule has 1 aliphatic heterocycles. The van der Waals surface area contributed by atoms with Gasteiger partial charge in [-0.3, -0.25) is 0 Å². The summed E-state index contributed by atoms with van der Waals surface area (Å²) >= 11 is 0. The van der Waals surface area contributed by atoms with Gasteiger partial charge in [0.2, 0.25) is 0 Å². The second-order valence-electron chi connectivity index (χ2n) is 4.38. The molecule has 1 N–H and O–H groups in total. The standard InChI is InChI=1S/C11H20N4O/c1-3-15(11-13-9(2)14-16-11)8-10-5-4-6-12-7-10/h10,12H,3-8H2,1-2H3. The second-order valence-corrected chi connectivity index (χ2v) is 4.38. The molecule has 1 unspecified atom stereocenters. The fourth-order valence-corrected chi connectivity index (χ4v) is 2.15. The number of hydrogen-bond donors (Lipinski definition) is 1. The number of aryl methyl sites for hydroxylation is 1. The molecule has 1 saturated heterocycles. The maximum Gasteiger partial charge on any atom is 0.324 e. The summed E-state index contributed by atoms with van der Waals surface area (Å²) in [4.78, 5) is 6.44. The highest BCUT2D eigenvalue weighted by Gasteiger charge is 2.19. The minimum atomic E-state index is 0.658. The van der Waals surface area contributed by atoms with Crippen LogP contribution in [0.15, 0.2) is 4.52 Å². The molecule has 0 aromatic carbocycles. The van der Waals surface area contributed by atoms with Crippen LogP contribution in [-0.2, 0) is 0 Å². The third-order valence-corrected chi connectivity index (χ3v) is 3.05. The van der Waals surface area contributed by atoms with Gasteiger partial charge < -0.3 is 14.7 Å². The van der Waals surface area contributed by atoms with Gasteiger partial charge in [-0.25, -0.2) is 0 Å². The zero-order valence-electron chi connectivity index (χ0n) is 10.1. The Bertz CT molecular complexity index is 320. The Hall–Kier alpha value is -1.10. The second kappa shape index (κ2) is 5.30. The average Bonchev–Trinajstić information content (AvgIpc) is 2.74. The first-order chi connectivity index (χ1) is 7.79. The summed E-state index contributed by atoms with van der Waals surface area (Å²) in [5, 5.41) is 7.26. The number of rotatable bonds is 4. The summed E-state index contributed by atoms with van der Waals surface area (Å²) in [5.74, 6) is 1.40. The highest BCUT2D eigenvalue weighted by atomic mass is 16.5. The number of aromatic nitrogens is 2. The summed E-state index contributed by atoms with van der Waals surface area (Å²) in [6.07, 6.45) is 2.56. The van der Waals surface area contributed by atoms with E-state index in [-0.39, 0.29) is 0 Å². The van der Waals surface area contributed by atoms with Gasteiger partial charge in [0.05, 0.1) is 0 Å². The highest BCUT2D eigenvalue weighted by Crippen LogP contribution is 2.16. The molecule has 0 amide bonds. The van der Waals surface area contributed by atoms with Crippen molar-refractivity contribution in [2.24, 2.45) is 5.92 Å². The third kappa shape index (κ3) is 2.72. The maximum absolute atomic E-state index is 5.20. The van der Waals surface area contributed by atoms with E-state index in [1.165, 1.54) is 12.8 Å². The Morgan fingerprint density at radius 2 is 2.44 bits per heavy atom. The van der Waals surface area contributed by atoms with Crippen molar-refractivity contribution in [1.82, 2.24) is 15.5 Å². The molecule has 5 heteroatoms. The summed E-state index contributed by atoms with van der Waals surface area (Å²) in [6, 6.07) is 0.658. The lowest BCUT2D eigenvalue weighted by Crippen LogP contribution is -2.38. The molecule has 2 heterocycles. The molecule has 0 saturated carbocycles. The van der Waals surface area contributed by atoms with Crippen molar-refractivity contribution in [2.45, 2.75) is 26.7 Å². The smallest absolute Gasteiger partial charge is 0.324 e. The molecule has 0 aliphatic carbocycles. The Morgan fingerprint density at radius 1 is 1.56 bits per heavy atom. The fraction of sp³-hybridized carbons (Fsp3) is 0.818. The van der Waals surface area contributed by atoms with Gasteiger partial charge in [-0.05, 0) is 45.7 Å². The molecule has 1 aliphatic rings. The summed E-state index contributed by atoms with van der Waals surface area (Å²) < 4.78 is 5.20.